The van der Waals surface area contributed by atoms with E-state index in [1.807, 2.05) is 38.1 Å². The molecule has 1 heterocycles. The van der Waals surface area contributed by atoms with Crippen LogP contribution in [0.2, 0.25) is 5.02 Å². The van der Waals surface area contributed by atoms with Crippen LogP contribution in [0.5, 0.6) is 0 Å². The number of rotatable bonds is 8. The lowest BCUT2D eigenvalue weighted by Crippen LogP contribution is -2.42. The molecule has 33 heavy (non-hydrogen) atoms. The molecule has 0 spiro atoms. The van der Waals surface area contributed by atoms with Crippen molar-refractivity contribution in [2.24, 2.45) is 5.92 Å². The maximum Gasteiger partial charge on any atom is 0.245 e. The lowest BCUT2D eigenvalue weighted by atomic mass is 9.92. The van der Waals surface area contributed by atoms with E-state index in [0.29, 0.717) is 28.9 Å². The van der Waals surface area contributed by atoms with Gasteiger partial charge in [-0.3, -0.25) is 9.59 Å². The van der Waals surface area contributed by atoms with Crippen LogP contribution in [0.25, 0.3) is 5.69 Å². The van der Waals surface area contributed by atoms with E-state index in [9.17, 15) is 9.59 Å². The average molecular weight is 473 g/mol. The Balaban J connectivity index is 1.75. The van der Waals surface area contributed by atoms with E-state index in [1.165, 1.54) is 25.7 Å². The monoisotopic (exact) mass is 472 g/mol. The first kappa shape index (κ1) is 25.3. The summed E-state index contributed by atoms with van der Waals surface area (Å²) in [7, 11) is 0. The van der Waals surface area contributed by atoms with Crippen LogP contribution in [0, 0.1) is 5.92 Å². The molecule has 1 saturated carbocycles. The largest absolute Gasteiger partial charge is 0.331 e. The lowest BCUT2D eigenvalue weighted by Gasteiger charge is -2.26. The minimum absolute atomic E-state index is 0.0136. The van der Waals surface area contributed by atoms with Gasteiger partial charge in [0.25, 0.3) is 0 Å². The van der Waals surface area contributed by atoms with E-state index in [2.05, 4.69) is 26.1 Å². The van der Waals surface area contributed by atoms with Crippen LogP contribution in [-0.4, -0.2) is 39.1 Å². The summed E-state index contributed by atoms with van der Waals surface area (Å²) in [6.07, 6.45) is 6.39. The van der Waals surface area contributed by atoms with Crippen molar-refractivity contribution in [3.8, 4) is 5.69 Å². The Morgan fingerprint density at radius 3 is 2.48 bits per heavy atom. The zero-order chi connectivity index (χ0) is 24.2. The maximum atomic E-state index is 13.0. The van der Waals surface area contributed by atoms with E-state index < -0.39 is 0 Å². The standard InChI is InChI=1S/C26H37ClN4O2/c1-18(2)30(25(33)15-14-19-10-6-7-11-19)17-24(32)28-23-16-22(26(3,4)5)29-31(23)21-13-9-8-12-20(21)27/h8-9,12-13,16,18-19H,6-7,10-11,14-15,17H2,1-5H3,(H,28,32). The zero-order valence-electron chi connectivity index (χ0n) is 20.5. The highest BCUT2D eigenvalue weighted by Gasteiger charge is 2.25. The number of nitrogens with one attached hydrogen (secondary N) is 1. The fourth-order valence-corrected chi connectivity index (χ4v) is 4.53. The Labute approximate surface area is 202 Å². The quantitative estimate of drug-likeness (QED) is 0.514. The fraction of sp³-hybridized carbons (Fsp3) is 0.577. The summed E-state index contributed by atoms with van der Waals surface area (Å²) < 4.78 is 1.67. The number of carbonyl (C=O) groups excluding carboxylic acids is 2. The second-order valence-electron chi connectivity index (χ2n) is 10.4. The van der Waals surface area contributed by atoms with Gasteiger partial charge in [-0.25, -0.2) is 4.68 Å². The first-order valence-corrected chi connectivity index (χ1v) is 12.4. The first-order valence-electron chi connectivity index (χ1n) is 12.0. The van der Waals surface area contributed by atoms with Crippen LogP contribution in [0.1, 0.15) is 78.8 Å². The molecule has 7 heteroatoms. The van der Waals surface area contributed by atoms with Gasteiger partial charge in [-0.05, 0) is 38.3 Å². The van der Waals surface area contributed by atoms with Crippen LogP contribution in [0.15, 0.2) is 30.3 Å². The topological polar surface area (TPSA) is 67.2 Å². The van der Waals surface area contributed by atoms with Gasteiger partial charge in [0, 0.05) is 23.9 Å². The molecule has 0 saturated heterocycles. The molecule has 6 nitrogen and oxygen atoms in total. The van der Waals surface area contributed by atoms with Gasteiger partial charge >= 0.3 is 0 Å². The number of amides is 2. The van der Waals surface area contributed by atoms with E-state index in [0.717, 1.165) is 12.1 Å². The van der Waals surface area contributed by atoms with Crippen molar-refractivity contribution in [1.29, 1.82) is 0 Å². The lowest BCUT2D eigenvalue weighted by molar-refractivity contribution is -0.136. The Hall–Kier alpha value is -2.34. The summed E-state index contributed by atoms with van der Waals surface area (Å²) in [5.41, 5.74) is 1.33. The van der Waals surface area contributed by atoms with Crippen molar-refractivity contribution >= 4 is 29.2 Å². The highest BCUT2D eigenvalue weighted by atomic mass is 35.5. The van der Waals surface area contributed by atoms with Crippen molar-refractivity contribution in [2.75, 3.05) is 11.9 Å². The van der Waals surface area contributed by atoms with Crippen molar-refractivity contribution in [3.63, 3.8) is 0 Å². The van der Waals surface area contributed by atoms with E-state index in [4.69, 9.17) is 16.7 Å². The van der Waals surface area contributed by atoms with Gasteiger partial charge in [-0.2, -0.15) is 5.10 Å². The molecule has 180 valence electrons. The van der Waals surface area contributed by atoms with E-state index in [1.54, 1.807) is 15.6 Å². The highest BCUT2D eigenvalue weighted by molar-refractivity contribution is 6.32. The molecular formula is C26H37ClN4O2. The van der Waals surface area contributed by atoms with Crippen LogP contribution in [0.4, 0.5) is 5.82 Å². The number of aromatic nitrogens is 2. The molecule has 0 bridgehead atoms. The van der Waals surface area contributed by atoms with Gasteiger partial charge < -0.3 is 10.2 Å². The third-order valence-corrected chi connectivity index (χ3v) is 6.64. The van der Waals surface area contributed by atoms with Crippen LogP contribution >= 0.6 is 11.6 Å². The van der Waals surface area contributed by atoms with Crippen LogP contribution in [-0.2, 0) is 15.0 Å². The summed E-state index contributed by atoms with van der Waals surface area (Å²) in [5, 5.41) is 8.24. The molecule has 1 aromatic carbocycles. The molecule has 2 aromatic rings. The Morgan fingerprint density at radius 2 is 1.88 bits per heavy atom. The molecule has 1 fully saturated rings. The summed E-state index contributed by atoms with van der Waals surface area (Å²) in [6.45, 7) is 10.1. The predicted octanol–water partition coefficient (Wildman–Crippen LogP) is 5.97. The number of halogens is 1. The van der Waals surface area contributed by atoms with Gasteiger partial charge in [-0.15, -0.1) is 0 Å². The summed E-state index contributed by atoms with van der Waals surface area (Å²) in [4.78, 5) is 27.6. The highest BCUT2D eigenvalue weighted by Crippen LogP contribution is 2.30. The second kappa shape index (κ2) is 10.7. The summed E-state index contributed by atoms with van der Waals surface area (Å²) >= 11 is 6.42. The normalized spacial score (nSPS) is 14.6. The number of hydrogen-bond donors (Lipinski definition) is 1. The van der Waals surface area contributed by atoms with Crippen molar-refractivity contribution < 1.29 is 9.59 Å². The molecule has 1 aliphatic carbocycles. The molecule has 1 aliphatic rings. The fourth-order valence-electron chi connectivity index (χ4n) is 4.31. The first-order chi connectivity index (χ1) is 15.6. The molecule has 1 N–H and O–H groups in total. The Morgan fingerprint density at radius 1 is 1.21 bits per heavy atom. The number of para-hydroxylation sites is 1. The molecule has 2 amide bonds. The van der Waals surface area contributed by atoms with Crippen molar-refractivity contribution in [2.45, 2.75) is 84.6 Å². The Kier molecular flexibility index (Phi) is 8.22. The predicted molar refractivity (Wildman–Crippen MR) is 134 cm³/mol. The third kappa shape index (κ3) is 6.59. The number of anilines is 1. The minimum Gasteiger partial charge on any atom is -0.331 e. The number of benzene rings is 1. The van der Waals surface area contributed by atoms with Crippen LogP contribution in [0.3, 0.4) is 0 Å². The van der Waals surface area contributed by atoms with Crippen molar-refractivity contribution in [1.82, 2.24) is 14.7 Å². The van der Waals surface area contributed by atoms with Gasteiger partial charge in [0.15, 0.2) is 0 Å². The van der Waals surface area contributed by atoms with Gasteiger partial charge in [0.1, 0.15) is 12.4 Å². The van der Waals surface area contributed by atoms with E-state index in [-0.39, 0.29) is 29.8 Å². The van der Waals surface area contributed by atoms with Crippen LogP contribution < -0.4 is 5.32 Å². The molecule has 0 unspecified atom stereocenters. The molecular weight excluding hydrogens is 436 g/mol. The second-order valence-corrected chi connectivity index (χ2v) is 10.8. The maximum absolute atomic E-state index is 13.0. The number of nitrogens with zero attached hydrogens (tertiary/aromatic N) is 3. The summed E-state index contributed by atoms with van der Waals surface area (Å²) in [5.74, 6) is 0.992. The zero-order valence-corrected chi connectivity index (χ0v) is 21.3. The molecule has 0 radical (unpaired) electrons. The smallest absolute Gasteiger partial charge is 0.245 e. The third-order valence-electron chi connectivity index (χ3n) is 6.32. The van der Waals surface area contributed by atoms with Crippen molar-refractivity contribution in [3.05, 3.63) is 41.0 Å². The molecule has 1 aromatic heterocycles. The summed E-state index contributed by atoms with van der Waals surface area (Å²) in [6, 6.07) is 9.23. The Bertz CT molecular complexity index is 971. The van der Waals surface area contributed by atoms with Gasteiger partial charge in [0.05, 0.1) is 16.4 Å². The van der Waals surface area contributed by atoms with Gasteiger partial charge in [-0.1, -0.05) is 70.2 Å². The van der Waals surface area contributed by atoms with E-state index >= 15 is 0 Å². The molecule has 0 atom stereocenters. The number of hydrogen-bond acceptors (Lipinski definition) is 3. The number of carbonyl (C=O) groups is 2. The SMILES string of the molecule is CC(C)N(CC(=O)Nc1cc(C(C)(C)C)nn1-c1ccccc1Cl)C(=O)CCC1CCCC1. The molecule has 0 aliphatic heterocycles. The minimum atomic E-state index is -0.244. The van der Waals surface area contributed by atoms with Gasteiger partial charge in [0.2, 0.25) is 11.8 Å². The average Bonchev–Trinajstić information content (AvgIpc) is 3.40. The molecule has 3 rings (SSSR count).